The highest BCUT2D eigenvalue weighted by Gasteiger charge is 2.42. The summed E-state index contributed by atoms with van der Waals surface area (Å²) in [5, 5.41) is 11.1. The van der Waals surface area contributed by atoms with Crippen LogP contribution in [0.2, 0.25) is 5.02 Å². The predicted octanol–water partition coefficient (Wildman–Crippen LogP) is 3.91. The highest BCUT2D eigenvalue weighted by Crippen LogP contribution is 2.44. The van der Waals surface area contributed by atoms with E-state index in [2.05, 4.69) is 35.5 Å². The first-order valence-electron chi connectivity index (χ1n) is 12.3. The normalized spacial score (nSPS) is 23.9. The third kappa shape index (κ3) is 3.95. The van der Waals surface area contributed by atoms with E-state index in [0.29, 0.717) is 35.6 Å². The molecule has 0 saturated carbocycles. The van der Waals surface area contributed by atoms with E-state index >= 15 is 4.39 Å². The third-order valence-electron chi connectivity index (χ3n) is 7.43. The van der Waals surface area contributed by atoms with Crippen molar-refractivity contribution in [2.45, 2.75) is 31.3 Å². The zero-order chi connectivity index (χ0) is 26.7. The first kappa shape index (κ1) is 23.5. The second-order valence-corrected chi connectivity index (χ2v) is 10.0. The van der Waals surface area contributed by atoms with E-state index < -0.39 is 11.8 Å². The summed E-state index contributed by atoms with van der Waals surface area (Å²) < 4.78 is 16.7. The Hall–Kier alpha value is -4.58. The second kappa shape index (κ2) is 9.02. The topological polar surface area (TPSA) is 134 Å². The van der Waals surface area contributed by atoms with E-state index in [1.807, 2.05) is 17.1 Å². The molecule has 3 aromatic rings. The molecule has 1 aromatic carbocycles. The Labute approximate surface area is 225 Å². The van der Waals surface area contributed by atoms with Crippen LogP contribution >= 0.6 is 11.6 Å². The number of nitrogens with one attached hydrogen (secondary N) is 1. The number of fused-ring (bicyclic) bond motifs is 2. The minimum absolute atomic E-state index is 0.0411. The Bertz CT molecular complexity index is 1680. The van der Waals surface area contributed by atoms with Crippen LogP contribution in [0.3, 0.4) is 0 Å². The lowest BCUT2D eigenvalue weighted by atomic mass is 9.92. The molecule has 3 amide bonds. The average molecular weight is 544 g/mol. The molecular weight excluding hydrogens is 525 g/mol. The number of tetrazole rings is 1. The number of urea groups is 1. The number of amides is 3. The molecule has 2 unspecified atom stereocenters. The molecule has 11 nitrogen and oxygen atoms in total. The summed E-state index contributed by atoms with van der Waals surface area (Å²) in [5.41, 5.74) is 3.52. The fraction of sp³-hybridized carbons (Fsp3) is 0.231. The number of aliphatic imine (C=N–C) groups is 2. The molecule has 0 bridgehead atoms. The van der Waals surface area contributed by atoms with E-state index in [-0.39, 0.29) is 34.5 Å². The van der Waals surface area contributed by atoms with Crippen molar-refractivity contribution in [3.8, 4) is 5.69 Å². The van der Waals surface area contributed by atoms with Gasteiger partial charge in [-0.1, -0.05) is 23.8 Å². The molecule has 7 rings (SSSR count). The molecule has 1 saturated heterocycles. The van der Waals surface area contributed by atoms with Gasteiger partial charge in [0.15, 0.2) is 5.82 Å². The van der Waals surface area contributed by atoms with Crippen LogP contribution in [-0.2, 0) is 4.79 Å². The summed E-state index contributed by atoms with van der Waals surface area (Å²) in [4.78, 5) is 42.4. The molecule has 4 aliphatic rings. The number of rotatable bonds is 4. The van der Waals surface area contributed by atoms with Gasteiger partial charge in [-0.2, -0.15) is 9.67 Å². The summed E-state index contributed by atoms with van der Waals surface area (Å²) in [6.07, 6.45) is 13.7. The van der Waals surface area contributed by atoms with Crippen molar-refractivity contribution < 1.29 is 14.0 Å². The number of aromatic nitrogens is 6. The van der Waals surface area contributed by atoms with Gasteiger partial charge in [-0.3, -0.25) is 4.79 Å². The van der Waals surface area contributed by atoms with Crippen LogP contribution in [0.5, 0.6) is 0 Å². The molecule has 3 atom stereocenters. The van der Waals surface area contributed by atoms with E-state index in [1.165, 1.54) is 23.2 Å². The second-order valence-electron chi connectivity index (χ2n) is 9.64. The molecule has 1 N–H and O–H groups in total. The molecule has 194 valence electrons. The van der Waals surface area contributed by atoms with E-state index in [0.717, 1.165) is 17.7 Å². The van der Waals surface area contributed by atoms with Crippen molar-refractivity contribution >= 4 is 46.6 Å². The number of nitrogens with zero attached hydrogens (tertiary/aromatic N) is 8. The highest BCUT2D eigenvalue weighted by molar-refractivity contribution is 6.31. The van der Waals surface area contributed by atoms with Crippen LogP contribution in [0.1, 0.15) is 42.4 Å². The van der Waals surface area contributed by atoms with E-state index in [1.54, 1.807) is 24.6 Å². The molecule has 2 aromatic heterocycles. The Balaban J connectivity index is 1.17. The van der Waals surface area contributed by atoms with Crippen molar-refractivity contribution in [1.29, 1.82) is 0 Å². The number of imidazole rings is 1. The molecule has 39 heavy (non-hydrogen) atoms. The number of aromatic amines is 1. The summed E-state index contributed by atoms with van der Waals surface area (Å²) in [6.45, 7) is 0. The van der Waals surface area contributed by atoms with Gasteiger partial charge in [0.05, 0.1) is 40.3 Å². The quantitative estimate of drug-likeness (QED) is 0.530. The molecule has 1 fully saturated rings. The zero-order valence-electron chi connectivity index (χ0n) is 20.2. The van der Waals surface area contributed by atoms with Crippen molar-refractivity contribution in [2.75, 3.05) is 0 Å². The van der Waals surface area contributed by atoms with Crippen LogP contribution < -0.4 is 0 Å². The van der Waals surface area contributed by atoms with Gasteiger partial charge in [-0.15, -0.1) is 5.10 Å². The number of H-pyrrole nitrogens is 1. The van der Waals surface area contributed by atoms with Crippen LogP contribution in [0, 0.1) is 11.7 Å². The average Bonchev–Trinajstić information content (AvgIpc) is 3.70. The number of carbonyl (C=O) groups excluding carboxylic acids is 2. The predicted molar refractivity (Wildman–Crippen MR) is 140 cm³/mol. The lowest BCUT2D eigenvalue weighted by molar-refractivity contribution is -0.129. The SMILES string of the molecule is O=C1N=CC2C=C(c3cnc([C@@H]4CCC5CC(c6c(-n7cnnn7)ccc(Cl)c6F)=CC(=O)N54)[nH]3)C=CC2=N1. The first-order chi connectivity index (χ1) is 19.0. The van der Waals surface area contributed by atoms with Crippen molar-refractivity contribution in [2.24, 2.45) is 15.9 Å². The number of hydrogen-bond acceptors (Lipinski definition) is 6. The fourth-order valence-corrected chi connectivity index (χ4v) is 5.83. The molecule has 13 heteroatoms. The minimum atomic E-state index is -0.614. The molecule has 3 aliphatic heterocycles. The Kier molecular flexibility index (Phi) is 5.44. The van der Waals surface area contributed by atoms with Gasteiger partial charge in [0.25, 0.3) is 0 Å². The smallest absolute Gasteiger partial charge is 0.340 e. The van der Waals surface area contributed by atoms with Gasteiger partial charge in [0.2, 0.25) is 5.91 Å². The number of carbonyl (C=O) groups is 2. The van der Waals surface area contributed by atoms with E-state index in [4.69, 9.17) is 11.6 Å². The molecule has 1 aliphatic carbocycles. The van der Waals surface area contributed by atoms with Gasteiger partial charge in [0.1, 0.15) is 12.2 Å². The molecule has 5 heterocycles. The highest BCUT2D eigenvalue weighted by atomic mass is 35.5. The number of benzene rings is 1. The maximum Gasteiger partial charge on any atom is 0.366 e. The Morgan fingerprint density at radius 2 is 2.05 bits per heavy atom. The lowest BCUT2D eigenvalue weighted by Crippen LogP contribution is -2.39. The van der Waals surface area contributed by atoms with Gasteiger partial charge in [-0.05, 0) is 59.0 Å². The molecule has 0 spiro atoms. The third-order valence-corrected chi connectivity index (χ3v) is 7.72. The van der Waals surface area contributed by atoms with Crippen LogP contribution in [0.4, 0.5) is 9.18 Å². The fourth-order valence-electron chi connectivity index (χ4n) is 5.67. The largest absolute Gasteiger partial charge is 0.366 e. The van der Waals surface area contributed by atoms with Gasteiger partial charge >= 0.3 is 6.03 Å². The van der Waals surface area contributed by atoms with Gasteiger partial charge < -0.3 is 9.88 Å². The Morgan fingerprint density at radius 3 is 2.90 bits per heavy atom. The molecule has 0 radical (unpaired) electrons. The molecular formula is C26H19ClFN9O2. The monoisotopic (exact) mass is 543 g/mol. The van der Waals surface area contributed by atoms with Crippen LogP contribution in [-0.4, -0.2) is 65.0 Å². The summed E-state index contributed by atoms with van der Waals surface area (Å²) in [6, 6.07) is 2.21. The number of hydrogen-bond donors (Lipinski definition) is 1. The van der Waals surface area contributed by atoms with Crippen LogP contribution in [0.15, 0.2) is 58.9 Å². The van der Waals surface area contributed by atoms with Crippen LogP contribution in [0.25, 0.3) is 16.8 Å². The first-order valence-corrected chi connectivity index (χ1v) is 12.7. The summed E-state index contributed by atoms with van der Waals surface area (Å²) >= 11 is 6.12. The zero-order valence-corrected chi connectivity index (χ0v) is 21.0. The van der Waals surface area contributed by atoms with Crippen molar-refractivity contribution in [3.05, 3.63) is 76.9 Å². The maximum atomic E-state index is 15.3. The number of halogens is 2. The number of allylic oxidation sites excluding steroid dienone is 4. The minimum Gasteiger partial charge on any atom is -0.340 e. The van der Waals surface area contributed by atoms with Gasteiger partial charge in [0, 0.05) is 23.9 Å². The van der Waals surface area contributed by atoms with Gasteiger partial charge in [-0.25, -0.2) is 19.2 Å². The Morgan fingerprint density at radius 1 is 1.15 bits per heavy atom. The summed E-state index contributed by atoms with van der Waals surface area (Å²) in [7, 11) is 0. The summed E-state index contributed by atoms with van der Waals surface area (Å²) in [5.74, 6) is -0.328. The van der Waals surface area contributed by atoms with Crippen molar-refractivity contribution in [3.63, 3.8) is 0 Å². The standard InChI is InChI=1S/C26H19ClFN9O2/c27-17-3-6-20(36-12-31-34-35-36)23(24(17)28)14-8-16-2-5-21(37(16)22(38)9-14)25-29-11-19(32-25)13-1-4-18-15(7-13)10-30-26(39)33-18/h1,3-4,6-7,9-12,15-16,21H,2,5,8H2,(H,29,32)/t15?,16?,21-/m0/s1. The maximum absolute atomic E-state index is 15.3. The lowest BCUT2D eigenvalue weighted by Gasteiger charge is -2.33. The van der Waals surface area contributed by atoms with E-state index in [9.17, 15) is 9.59 Å². The van der Waals surface area contributed by atoms with Crippen molar-refractivity contribution in [1.82, 2.24) is 35.1 Å².